The average molecular weight is 231 g/mol. The molecule has 0 saturated carbocycles. The lowest BCUT2D eigenvalue weighted by Crippen LogP contribution is -1.93. The van der Waals surface area contributed by atoms with Gasteiger partial charge in [0.1, 0.15) is 11.6 Å². The van der Waals surface area contributed by atoms with Gasteiger partial charge in [0.2, 0.25) is 0 Å². The van der Waals surface area contributed by atoms with Gasteiger partial charge in [-0.05, 0) is 12.1 Å². The molecule has 0 atom stereocenters. The Hall–Kier alpha value is -0.880. The maximum Gasteiger partial charge on any atom is 0.131 e. The zero-order valence-corrected chi connectivity index (χ0v) is 7.66. The van der Waals surface area contributed by atoms with Crippen molar-refractivity contribution in [1.29, 1.82) is 0 Å². The number of hydrogen-bond donors (Lipinski definition) is 0. The van der Waals surface area contributed by atoms with Crippen LogP contribution in [0.1, 0.15) is 11.1 Å². The second kappa shape index (κ2) is 3.68. The molecule has 0 nitrogen and oxygen atoms in total. The highest BCUT2D eigenvalue weighted by atomic mass is 79.9. The van der Waals surface area contributed by atoms with Crippen LogP contribution in [0.5, 0.6) is 0 Å². The summed E-state index contributed by atoms with van der Waals surface area (Å²) in [4.78, 5) is 0. The van der Waals surface area contributed by atoms with Crippen LogP contribution < -0.4 is 0 Å². The molecule has 0 aromatic heterocycles. The van der Waals surface area contributed by atoms with E-state index in [9.17, 15) is 8.78 Å². The second-order valence-electron chi connectivity index (χ2n) is 2.20. The van der Waals surface area contributed by atoms with Crippen molar-refractivity contribution in [3.63, 3.8) is 0 Å². The zero-order valence-electron chi connectivity index (χ0n) is 6.07. The number of halogens is 3. The van der Waals surface area contributed by atoms with Crippen LogP contribution in [0.3, 0.4) is 0 Å². The van der Waals surface area contributed by atoms with Gasteiger partial charge in [-0.25, -0.2) is 8.78 Å². The standard InChI is InChI=1S/C9H5BrF2/c1-2-6-3-8(11)7(5-10)9(12)4-6/h1,3-4H,5H2. The molecule has 1 aromatic rings. The predicted octanol–water partition coefficient (Wildman–Crippen LogP) is 2.84. The lowest BCUT2D eigenvalue weighted by molar-refractivity contribution is 0.566. The maximum atomic E-state index is 12.9. The van der Waals surface area contributed by atoms with Crippen LogP contribution in [0, 0.1) is 24.0 Å². The van der Waals surface area contributed by atoms with Gasteiger partial charge in [-0.1, -0.05) is 21.9 Å². The minimum Gasteiger partial charge on any atom is -0.207 e. The van der Waals surface area contributed by atoms with E-state index in [-0.39, 0.29) is 16.5 Å². The molecule has 0 radical (unpaired) electrons. The van der Waals surface area contributed by atoms with Crippen molar-refractivity contribution in [1.82, 2.24) is 0 Å². The number of hydrogen-bond acceptors (Lipinski definition) is 0. The highest BCUT2D eigenvalue weighted by molar-refractivity contribution is 9.08. The first kappa shape index (κ1) is 9.21. The van der Waals surface area contributed by atoms with Crippen molar-refractivity contribution in [2.75, 3.05) is 0 Å². The molecule has 0 unspecified atom stereocenters. The van der Waals surface area contributed by atoms with E-state index in [0.717, 1.165) is 12.1 Å². The van der Waals surface area contributed by atoms with E-state index >= 15 is 0 Å². The van der Waals surface area contributed by atoms with Crippen LogP contribution in [0.15, 0.2) is 12.1 Å². The fourth-order valence-corrected chi connectivity index (χ4v) is 1.35. The molecule has 0 aliphatic heterocycles. The first-order valence-electron chi connectivity index (χ1n) is 3.19. The van der Waals surface area contributed by atoms with Gasteiger partial charge in [0, 0.05) is 16.5 Å². The molecule has 12 heavy (non-hydrogen) atoms. The molecular weight excluding hydrogens is 226 g/mol. The number of alkyl halides is 1. The topological polar surface area (TPSA) is 0 Å². The lowest BCUT2D eigenvalue weighted by Gasteiger charge is -2.00. The summed E-state index contributed by atoms with van der Waals surface area (Å²) in [7, 11) is 0. The van der Waals surface area contributed by atoms with E-state index in [1.807, 2.05) is 0 Å². The third-order valence-corrected chi connectivity index (χ3v) is 2.00. The molecule has 0 aliphatic rings. The van der Waals surface area contributed by atoms with Crippen molar-refractivity contribution < 1.29 is 8.78 Å². The van der Waals surface area contributed by atoms with Crippen molar-refractivity contribution in [3.05, 3.63) is 34.9 Å². The van der Waals surface area contributed by atoms with Gasteiger partial charge in [-0.3, -0.25) is 0 Å². The molecule has 0 bridgehead atoms. The van der Waals surface area contributed by atoms with E-state index in [0.29, 0.717) is 0 Å². The Morgan fingerprint density at radius 1 is 1.33 bits per heavy atom. The highest BCUT2D eigenvalue weighted by Gasteiger charge is 2.08. The monoisotopic (exact) mass is 230 g/mol. The quantitative estimate of drug-likeness (QED) is 0.515. The minimum absolute atomic E-state index is 0.00833. The SMILES string of the molecule is C#Cc1cc(F)c(CBr)c(F)c1. The molecule has 1 aromatic carbocycles. The van der Waals surface area contributed by atoms with Crippen molar-refractivity contribution in [2.24, 2.45) is 0 Å². The van der Waals surface area contributed by atoms with Gasteiger partial charge in [0.15, 0.2) is 0 Å². The summed E-state index contributed by atoms with van der Waals surface area (Å²) < 4.78 is 25.9. The van der Waals surface area contributed by atoms with E-state index < -0.39 is 11.6 Å². The van der Waals surface area contributed by atoms with Gasteiger partial charge in [0.05, 0.1) is 0 Å². The Morgan fingerprint density at radius 2 is 1.83 bits per heavy atom. The molecule has 0 spiro atoms. The molecular formula is C9H5BrF2. The summed E-state index contributed by atoms with van der Waals surface area (Å²) in [5.41, 5.74) is 0.226. The molecule has 0 aliphatic carbocycles. The Bertz CT molecular complexity index is 316. The van der Waals surface area contributed by atoms with Crippen molar-refractivity contribution in [2.45, 2.75) is 5.33 Å². The fraction of sp³-hybridized carbons (Fsp3) is 0.111. The first-order valence-corrected chi connectivity index (χ1v) is 4.31. The Kier molecular flexibility index (Phi) is 2.83. The summed E-state index contributed by atoms with van der Waals surface area (Å²) in [6.45, 7) is 0. The van der Waals surface area contributed by atoms with Gasteiger partial charge in [-0.2, -0.15) is 0 Å². The third-order valence-electron chi connectivity index (χ3n) is 1.44. The van der Waals surface area contributed by atoms with Crippen molar-refractivity contribution in [3.8, 4) is 12.3 Å². The average Bonchev–Trinajstić information content (AvgIpc) is 2.03. The molecule has 3 heteroatoms. The van der Waals surface area contributed by atoms with Gasteiger partial charge in [0.25, 0.3) is 0 Å². The van der Waals surface area contributed by atoms with Crippen LogP contribution >= 0.6 is 15.9 Å². The van der Waals surface area contributed by atoms with Crippen molar-refractivity contribution >= 4 is 15.9 Å². The van der Waals surface area contributed by atoms with Gasteiger partial charge in [-0.15, -0.1) is 6.42 Å². The zero-order chi connectivity index (χ0) is 9.14. The Labute approximate surface area is 77.7 Å². The summed E-state index contributed by atoms with van der Waals surface area (Å²) in [5.74, 6) is 0.942. The lowest BCUT2D eigenvalue weighted by atomic mass is 10.1. The van der Waals surface area contributed by atoms with Crippen LogP contribution in [0.25, 0.3) is 0 Å². The van der Waals surface area contributed by atoms with E-state index in [1.54, 1.807) is 0 Å². The molecule has 62 valence electrons. The fourth-order valence-electron chi connectivity index (χ4n) is 0.814. The Balaban J connectivity index is 3.30. The van der Waals surface area contributed by atoms with Crippen LogP contribution in [0.2, 0.25) is 0 Å². The van der Waals surface area contributed by atoms with Crippen LogP contribution in [0.4, 0.5) is 8.78 Å². The third kappa shape index (κ3) is 1.64. The maximum absolute atomic E-state index is 12.9. The Morgan fingerprint density at radius 3 is 2.17 bits per heavy atom. The minimum atomic E-state index is -0.611. The molecule has 0 fully saturated rings. The smallest absolute Gasteiger partial charge is 0.131 e. The number of benzene rings is 1. The first-order chi connectivity index (χ1) is 5.69. The number of terminal acetylenes is 1. The molecule has 0 amide bonds. The van der Waals surface area contributed by atoms with Crippen LogP contribution in [-0.4, -0.2) is 0 Å². The molecule has 0 N–H and O–H groups in total. The van der Waals surface area contributed by atoms with Crippen LogP contribution in [-0.2, 0) is 5.33 Å². The predicted molar refractivity (Wildman–Crippen MR) is 46.9 cm³/mol. The second-order valence-corrected chi connectivity index (χ2v) is 2.76. The van der Waals surface area contributed by atoms with E-state index in [1.165, 1.54) is 0 Å². The largest absolute Gasteiger partial charge is 0.207 e. The normalized spacial score (nSPS) is 9.50. The number of rotatable bonds is 1. The van der Waals surface area contributed by atoms with E-state index in [2.05, 4.69) is 21.9 Å². The summed E-state index contributed by atoms with van der Waals surface area (Å²) in [6, 6.07) is 2.28. The molecule has 1 rings (SSSR count). The van der Waals surface area contributed by atoms with Gasteiger partial charge < -0.3 is 0 Å². The van der Waals surface area contributed by atoms with E-state index in [4.69, 9.17) is 6.42 Å². The molecule has 0 heterocycles. The summed E-state index contributed by atoms with van der Waals surface area (Å²) in [5, 5.41) is 0.148. The highest BCUT2D eigenvalue weighted by Crippen LogP contribution is 2.17. The summed E-state index contributed by atoms with van der Waals surface area (Å²) >= 11 is 2.97. The molecule has 0 saturated heterocycles. The summed E-state index contributed by atoms with van der Waals surface area (Å²) in [6.07, 6.45) is 4.98. The van der Waals surface area contributed by atoms with Gasteiger partial charge >= 0.3 is 0 Å².